The van der Waals surface area contributed by atoms with Crippen LogP contribution < -0.4 is 24.8 Å². The van der Waals surface area contributed by atoms with Gasteiger partial charge in [-0.25, -0.2) is 4.79 Å². The molecule has 0 saturated heterocycles. The highest BCUT2D eigenvalue weighted by atomic mass is 16.5. The van der Waals surface area contributed by atoms with E-state index in [0.717, 1.165) is 0 Å². The monoisotopic (exact) mass is 330 g/mol. The molecule has 0 aliphatic heterocycles. The molecule has 0 aliphatic rings. The Morgan fingerprint density at radius 1 is 0.958 bits per heavy atom. The van der Waals surface area contributed by atoms with Gasteiger partial charge in [-0.05, 0) is 31.2 Å². The number of carbonyl (C=O) groups is 1. The van der Waals surface area contributed by atoms with Crippen LogP contribution in [0.1, 0.15) is 6.92 Å². The van der Waals surface area contributed by atoms with Crippen LogP contribution in [-0.4, -0.2) is 32.9 Å². The molecule has 6 nitrogen and oxygen atoms in total. The molecule has 0 saturated carbocycles. The van der Waals surface area contributed by atoms with E-state index in [-0.39, 0.29) is 12.1 Å². The number of hydrogen-bond acceptors (Lipinski definition) is 4. The van der Waals surface area contributed by atoms with E-state index in [2.05, 4.69) is 10.6 Å². The van der Waals surface area contributed by atoms with Gasteiger partial charge in [-0.15, -0.1) is 0 Å². The largest absolute Gasteiger partial charge is 0.495 e. The number of carbonyl (C=O) groups excluding carboxylic acids is 1. The summed E-state index contributed by atoms with van der Waals surface area (Å²) in [6, 6.07) is 14.1. The zero-order chi connectivity index (χ0) is 17.4. The van der Waals surface area contributed by atoms with Gasteiger partial charge >= 0.3 is 6.03 Å². The third kappa shape index (κ3) is 4.81. The Morgan fingerprint density at radius 3 is 2.21 bits per heavy atom. The Morgan fingerprint density at radius 2 is 1.54 bits per heavy atom. The number of para-hydroxylation sites is 4. The van der Waals surface area contributed by atoms with E-state index >= 15 is 0 Å². The number of urea groups is 1. The molecule has 6 heteroatoms. The van der Waals surface area contributed by atoms with Crippen LogP contribution >= 0.6 is 0 Å². The lowest BCUT2D eigenvalue weighted by Crippen LogP contribution is -2.39. The van der Waals surface area contributed by atoms with Crippen molar-refractivity contribution in [2.45, 2.75) is 13.0 Å². The van der Waals surface area contributed by atoms with Crippen LogP contribution in [0.25, 0.3) is 0 Å². The summed E-state index contributed by atoms with van der Waals surface area (Å²) in [5.74, 6) is 1.90. The minimum Gasteiger partial charge on any atom is -0.495 e. The van der Waals surface area contributed by atoms with Gasteiger partial charge in [0.1, 0.15) is 12.4 Å². The van der Waals surface area contributed by atoms with E-state index in [1.54, 1.807) is 26.4 Å². The highest BCUT2D eigenvalue weighted by Crippen LogP contribution is 2.26. The molecule has 0 fully saturated rings. The zero-order valence-electron chi connectivity index (χ0n) is 14.0. The maximum Gasteiger partial charge on any atom is 0.319 e. The highest BCUT2D eigenvalue weighted by Gasteiger charge is 2.11. The SMILES string of the molecule is COc1ccccc1NC(=O)N[C@H](C)COc1ccccc1OC. The van der Waals surface area contributed by atoms with Crippen LogP contribution in [0.15, 0.2) is 48.5 Å². The van der Waals surface area contributed by atoms with E-state index < -0.39 is 0 Å². The van der Waals surface area contributed by atoms with Gasteiger partial charge in [0.2, 0.25) is 0 Å². The van der Waals surface area contributed by atoms with Crippen LogP contribution in [-0.2, 0) is 0 Å². The third-order valence-electron chi connectivity index (χ3n) is 3.29. The average molecular weight is 330 g/mol. The number of rotatable bonds is 7. The molecule has 128 valence electrons. The summed E-state index contributed by atoms with van der Waals surface area (Å²) in [5.41, 5.74) is 0.607. The van der Waals surface area contributed by atoms with Gasteiger partial charge in [-0.2, -0.15) is 0 Å². The minimum absolute atomic E-state index is 0.190. The summed E-state index contributed by atoms with van der Waals surface area (Å²) in [4.78, 5) is 12.1. The van der Waals surface area contributed by atoms with Gasteiger partial charge in [0.25, 0.3) is 0 Å². The first kappa shape index (κ1) is 17.5. The van der Waals surface area contributed by atoms with Gasteiger partial charge < -0.3 is 24.8 Å². The van der Waals surface area contributed by atoms with Crippen LogP contribution in [0.4, 0.5) is 10.5 Å². The second-order valence-corrected chi connectivity index (χ2v) is 5.16. The van der Waals surface area contributed by atoms with Crippen LogP contribution in [0.2, 0.25) is 0 Å². The van der Waals surface area contributed by atoms with Crippen molar-refractivity contribution >= 4 is 11.7 Å². The quantitative estimate of drug-likeness (QED) is 0.817. The Bertz CT molecular complexity index is 676. The minimum atomic E-state index is -0.323. The molecule has 0 bridgehead atoms. The molecule has 0 radical (unpaired) electrons. The molecule has 2 rings (SSSR count). The Labute approximate surface area is 141 Å². The fourth-order valence-corrected chi connectivity index (χ4v) is 2.12. The summed E-state index contributed by atoms with van der Waals surface area (Å²) in [5, 5.41) is 5.57. The van der Waals surface area contributed by atoms with Crippen molar-refractivity contribution in [2.75, 3.05) is 26.1 Å². The maximum absolute atomic E-state index is 12.1. The van der Waals surface area contributed by atoms with E-state index in [0.29, 0.717) is 29.5 Å². The molecule has 2 amide bonds. The van der Waals surface area contributed by atoms with Crippen molar-refractivity contribution in [2.24, 2.45) is 0 Å². The van der Waals surface area contributed by atoms with Crippen LogP contribution in [0, 0.1) is 0 Å². The van der Waals surface area contributed by atoms with Crippen LogP contribution in [0.5, 0.6) is 17.2 Å². The van der Waals surface area contributed by atoms with Gasteiger partial charge in [-0.3, -0.25) is 0 Å². The molecule has 0 aliphatic carbocycles. The topological polar surface area (TPSA) is 68.8 Å². The van der Waals surface area contributed by atoms with Crippen molar-refractivity contribution in [3.63, 3.8) is 0 Å². The van der Waals surface area contributed by atoms with E-state index in [1.807, 2.05) is 43.3 Å². The standard InChI is InChI=1S/C18H22N2O4/c1-13(12-24-17-11-7-6-10-16(17)23-3)19-18(21)20-14-8-4-5-9-15(14)22-2/h4-11,13H,12H2,1-3H3,(H2,19,20,21)/t13-/m1/s1. The molecule has 24 heavy (non-hydrogen) atoms. The number of amides is 2. The first-order chi connectivity index (χ1) is 11.6. The second kappa shape index (κ2) is 8.67. The molecular weight excluding hydrogens is 308 g/mol. The summed E-state index contributed by atoms with van der Waals surface area (Å²) < 4.78 is 16.1. The van der Waals surface area contributed by atoms with Gasteiger partial charge in [0.05, 0.1) is 25.9 Å². The molecule has 2 N–H and O–H groups in total. The van der Waals surface area contributed by atoms with Gasteiger partial charge in [-0.1, -0.05) is 24.3 Å². The summed E-state index contributed by atoms with van der Waals surface area (Å²) >= 11 is 0. The molecule has 0 unspecified atom stereocenters. The van der Waals surface area contributed by atoms with Crippen molar-refractivity contribution in [3.05, 3.63) is 48.5 Å². The summed E-state index contributed by atoms with van der Waals surface area (Å²) in [6.45, 7) is 2.18. The number of ether oxygens (including phenoxy) is 3. The number of methoxy groups -OCH3 is 2. The van der Waals surface area contributed by atoms with Crippen molar-refractivity contribution in [1.29, 1.82) is 0 Å². The predicted octanol–water partition coefficient (Wildman–Crippen LogP) is 3.29. The first-order valence-electron chi connectivity index (χ1n) is 7.60. The third-order valence-corrected chi connectivity index (χ3v) is 3.29. The second-order valence-electron chi connectivity index (χ2n) is 5.16. The number of anilines is 1. The Kier molecular flexibility index (Phi) is 6.31. The molecule has 0 spiro atoms. The first-order valence-corrected chi connectivity index (χ1v) is 7.60. The van der Waals surface area contributed by atoms with Crippen molar-refractivity contribution in [1.82, 2.24) is 5.32 Å². The smallest absolute Gasteiger partial charge is 0.319 e. The number of benzene rings is 2. The number of hydrogen-bond donors (Lipinski definition) is 2. The molecule has 2 aromatic rings. The Hall–Kier alpha value is -2.89. The maximum atomic E-state index is 12.1. The molecular formula is C18H22N2O4. The van der Waals surface area contributed by atoms with Crippen LogP contribution in [0.3, 0.4) is 0 Å². The average Bonchev–Trinajstić information content (AvgIpc) is 2.60. The Balaban J connectivity index is 1.85. The normalized spacial score (nSPS) is 11.3. The summed E-state index contributed by atoms with van der Waals surface area (Å²) in [6.07, 6.45) is 0. The lowest BCUT2D eigenvalue weighted by molar-refractivity contribution is 0.233. The van der Waals surface area contributed by atoms with E-state index in [1.165, 1.54) is 0 Å². The predicted molar refractivity (Wildman–Crippen MR) is 93.1 cm³/mol. The molecule has 0 aromatic heterocycles. The summed E-state index contributed by atoms with van der Waals surface area (Å²) in [7, 11) is 3.15. The molecule has 2 aromatic carbocycles. The molecule has 1 atom stereocenters. The molecule has 0 heterocycles. The number of nitrogens with one attached hydrogen (secondary N) is 2. The van der Waals surface area contributed by atoms with Gasteiger partial charge in [0, 0.05) is 0 Å². The zero-order valence-corrected chi connectivity index (χ0v) is 14.0. The van der Waals surface area contributed by atoms with E-state index in [9.17, 15) is 4.79 Å². The fourth-order valence-electron chi connectivity index (χ4n) is 2.12. The lowest BCUT2D eigenvalue weighted by atomic mass is 10.3. The highest BCUT2D eigenvalue weighted by molar-refractivity contribution is 5.91. The van der Waals surface area contributed by atoms with Gasteiger partial charge in [0.15, 0.2) is 11.5 Å². The fraction of sp³-hybridized carbons (Fsp3) is 0.278. The van der Waals surface area contributed by atoms with Crippen molar-refractivity contribution in [3.8, 4) is 17.2 Å². The van der Waals surface area contributed by atoms with Crippen molar-refractivity contribution < 1.29 is 19.0 Å². The van der Waals surface area contributed by atoms with E-state index in [4.69, 9.17) is 14.2 Å². The lowest BCUT2D eigenvalue weighted by Gasteiger charge is -2.17.